The Kier molecular flexibility index (Phi) is 6.21. The zero-order chi connectivity index (χ0) is 11.0. The van der Waals surface area contributed by atoms with Gasteiger partial charge in [-0.2, -0.15) is 0 Å². The first-order valence-corrected chi connectivity index (χ1v) is 5.39. The first-order valence-electron chi connectivity index (χ1n) is 5.39. The van der Waals surface area contributed by atoms with Gasteiger partial charge >= 0.3 is 0 Å². The quantitative estimate of drug-likeness (QED) is 0.484. The molecule has 0 aromatic rings. The molecule has 0 aromatic heterocycles. The minimum Gasteiger partial charge on any atom is -0.347 e. The van der Waals surface area contributed by atoms with Gasteiger partial charge in [-0.15, -0.1) is 0 Å². The number of hydrogen-bond acceptors (Lipinski definition) is 1. The summed E-state index contributed by atoms with van der Waals surface area (Å²) in [7, 11) is 0. The van der Waals surface area contributed by atoms with Crippen LogP contribution >= 0.6 is 0 Å². The average molecular weight is 199 g/mol. The van der Waals surface area contributed by atoms with Gasteiger partial charge in [0.2, 0.25) is 5.91 Å². The summed E-state index contributed by atoms with van der Waals surface area (Å²) >= 11 is 0. The van der Waals surface area contributed by atoms with Gasteiger partial charge < -0.3 is 9.80 Å². The second kappa shape index (κ2) is 6.60. The first kappa shape index (κ1) is 13.2. The Morgan fingerprint density at radius 1 is 1.29 bits per heavy atom. The van der Waals surface area contributed by atoms with Gasteiger partial charge in [0.25, 0.3) is 0 Å². The number of nitrogens with zero attached hydrogens (tertiary/aromatic N) is 1. The minimum atomic E-state index is -0.0774. The van der Waals surface area contributed by atoms with Gasteiger partial charge in [-0.05, 0) is 26.8 Å². The fraction of sp³-hybridized carbons (Fsp3) is 0.727. The van der Waals surface area contributed by atoms with Crippen molar-refractivity contribution >= 4 is 5.91 Å². The fourth-order valence-electron chi connectivity index (χ4n) is 1.63. The molecule has 0 unspecified atom stereocenters. The highest BCUT2D eigenvalue weighted by Gasteiger charge is 2.19. The molecule has 1 N–H and O–H groups in total. The van der Waals surface area contributed by atoms with E-state index >= 15 is 0 Å². The van der Waals surface area contributed by atoms with E-state index in [0.717, 1.165) is 37.2 Å². The summed E-state index contributed by atoms with van der Waals surface area (Å²) in [6.07, 6.45) is 1.32. The molecule has 0 saturated heterocycles. The van der Waals surface area contributed by atoms with Crippen molar-refractivity contribution in [2.24, 2.45) is 0 Å². The van der Waals surface area contributed by atoms with E-state index in [1.54, 1.807) is 0 Å². The topological polar surface area (TPSA) is 29.1 Å². The lowest BCUT2D eigenvalue weighted by Crippen LogP contribution is -2.51. The van der Waals surface area contributed by atoms with Crippen molar-refractivity contribution in [3.05, 3.63) is 12.7 Å². The SMILES string of the molecule is C=CC(=O)NCC[N+](CC)(CC)CC. The lowest BCUT2D eigenvalue weighted by molar-refractivity contribution is -0.922. The zero-order valence-corrected chi connectivity index (χ0v) is 9.68. The van der Waals surface area contributed by atoms with Crippen LogP contribution in [0.25, 0.3) is 0 Å². The van der Waals surface area contributed by atoms with Crippen LogP contribution in [0.15, 0.2) is 12.7 Å². The molecule has 1 amide bonds. The van der Waals surface area contributed by atoms with Crippen molar-refractivity contribution in [2.45, 2.75) is 20.8 Å². The molecule has 0 aliphatic heterocycles. The van der Waals surface area contributed by atoms with Crippen molar-refractivity contribution < 1.29 is 9.28 Å². The highest BCUT2D eigenvalue weighted by Crippen LogP contribution is 2.03. The fourth-order valence-corrected chi connectivity index (χ4v) is 1.63. The van der Waals surface area contributed by atoms with E-state index in [0.29, 0.717) is 0 Å². The van der Waals surface area contributed by atoms with E-state index in [-0.39, 0.29) is 5.91 Å². The number of carbonyl (C=O) groups excluding carboxylic acids is 1. The maximum absolute atomic E-state index is 10.9. The molecule has 0 fully saturated rings. The van der Waals surface area contributed by atoms with Crippen molar-refractivity contribution in [2.75, 3.05) is 32.7 Å². The third-order valence-electron chi connectivity index (χ3n) is 3.08. The van der Waals surface area contributed by atoms with Crippen LogP contribution < -0.4 is 5.32 Å². The lowest BCUT2D eigenvalue weighted by atomic mass is 10.3. The van der Waals surface area contributed by atoms with Crippen LogP contribution in [0.4, 0.5) is 0 Å². The van der Waals surface area contributed by atoms with Crippen molar-refractivity contribution in [1.29, 1.82) is 0 Å². The second-order valence-corrected chi connectivity index (χ2v) is 3.51. The molecule has 3 heteroatoms. The minimum absolute atomic E-state index is 0.0774. The Morgan fingerprint density at radius 2 is 1.79 bits per heavy atom. The standard InChI is InChI=1S/C11H22N2O/c1-5-11(14)12-9-10-13(6-2,7-3)8-4/h5H,1,6-10H2,2-4H3/p+1. The van der Waals surface area contributed by atoms with Crippen LogP contribution in [0.5, 0.6) is 0 Å². The largest absolute Gasteiger partial charge is 0.347 e. The van der Waals surface area contributed by atoms with Gasteiger partial charge in [0, 0.05) is 0 Å². The molecule has 14 heavy (non-hydrogen) atoms. The van der Waals surface area contributed by atoms with Crippen LogP contribution in [-0.4, -0.2) is 43.1 Å². The van der Waals surface area contributed by atoms with Crippen LogP contribution in [0.3, 0.4) is 0 Å². The zero-order valence-electron chi connectivity index (χ0n) is 9.68. The van der Waals surface area contributed by atoms with E-state index < -0.39 is 0 Å². The predicted molar refractivity (Wildman–Crippen MR) is 60.0 cm³/mol. The van der Waals surface area contributed by atoms with Crippen LogP contribution in [0.2, 0.25) is 0 Å². The Balaban J connectivity index is 3.94. The summed E-state index contributed by atoms with van der Waals surface area (Å²) < 4.78 is 1.07. The van der Waals surface area contributed by atoms with Crippen molar-refractivity contribution in [1.82, 2.24) is 5.32 Å². The molecule has 0 saturated carbocycles. The van der Waals surface area contributed by atoms with E-state index in [2.05, 4.69) is 32.7 Å². The summed E-state index contributed by atoms with van der Waals surface area (Å²) in [6, 6.07) is 0. The number of likely N-dealkylation sites (N-methyl/N-ethyl adjacent to an activating group) is 1. The molecule has 0 aliphatic carbocycles. The van der Waals surface area contributed by atoms with Crippen molar-refractivity contribution in [3.63, 3.8) is 0 Å². The summed E-state index contributed by atoms with van der Waals surface area (Å²) in [5.74, 6) is -0.0774. The molecule has 0 aliphatic rings. The molecular formula is C11H23N2O+. The highest BCUT2D eigenvalue weighted by atomic mass is 16.1. The van der Waals surface area contributed by atoms with Gasteiger partial charge in [0.15, 0.2) is 0 Å². The number of nitrogens with one attached hydrogen (secondary N) is 1. The highest BCUT2D eigenvalue weighted by molar-refractivity contribution is 5.86. The summed E-state index contributed by atoms with van der Waals surface area (Å²) in [6.45, 7) is 15.1. The molecule has 82 valence electrons. The Morgan fingerprint density at radius 3 is 2.14 bits per heavy atom. The first-order chi connectivity index (χ1) is 6.64. The Labute approximate surface area is 87.4 Å². The molecule has 0 radical (unpaired) electrons. The van der Waals surface area contributed by atoms with Gasteiger partial charge in [-0.1, -0.05) is 6.58 Å². The van der Waals surface area contributed by atoms with E-state index in [4.69, 9.17) is 0 Å². The van der Waals surface area contributed by atoms with Crippen LogP contribution in [-0.2, 0) is 4.79 Å². The van der Waals surface area contributed by atoms with Gasteiger partial charge in [0.05, 0.1) is 32.7 Å². The average Bonchev–Trinajstić information content (AvgIpc) is 2.25. The molecule has 0 heterocycles. The van der Waals surface area contributed by atoms with Gasteiger partial charge in [0.1, 0.15) is 0 Å². The normalized spacial score (nSPS) is 11.1. The maximum atomic E-state index is 10.9. The monoisotopic (exact) mass is 199 g/mol. The number of quaternary nitrogens is 1. The van der Waals surface area contributed by atoms with Crippen LogP contribution in [0.1, 0.15) is 20.8 Å². The smallest absolute Gasteiger partial charge is 0.243 e. The summed E-state index contributed by atoms with van der Waals surface area (Å²) in [5.41, 5.74) is 0. The number of hydrogen-bond donors (Lipinski definition) is 1. The molecular weight excluding hydrogens is 176 g/mol. The third-order valence-corrected chi connectivity index (χ3v) is 3.08. The molecule has 0 rings (SSSR count). The summed E-state index contributed by atoms with van der Waals surface area (Å²) in [4.78, 5) is 10.9. The number of amides is 1. The third kappa shape index (κ3) is 3.92. The van der Waals surface area contributed by atoms with Gasteiger partial charge in [-0.25, -0.2) is 0 Å². The molecule has 0 spiro atoms. The molecule has 3 nitrogen and oxygen atoms in total. The lowest BCUT2D eigenvalue weighted by Gasteiger charge is -2.35. The Bertz CT molecular complexity index is 177. The van der Waals surface area contributed by atoms with Gasteiger partial charge in [-0.3, -0.25) is 4.79 Å². The van der Waals surface area contributed by atoms with Crippen molar-refractivity contribution in [3.8, 4) is 0 Å². The number of carbonyl (C=O) groups is 1. The van der Waals surface area contributed by atoms with E-state index in [9.17, 15) is 4.79 Å². The van der Waals surface area contributed by atoms with E-state index in [1.165, 1.54) is 6.08 Å². The second-order valence-electron chi connectivity index (χ2n) is 3.51. The summed E-state index contributed by atoms with van der Waals surface area (Å²) in [5, 5.41) is 2.82. The molecule has 0 bridgehead atoms. The number of rotatable bonds is 7. The maximum Gasteiger partial charge on any atom is 0.243 e. The van der Waals surface area contributed by atoms with Crippen LogP contribution in [0, 0.1) is 0 Å². The Hall–Kier alpha value is -0.830. The predicted octanol–water partition coefficient (Wildman–Crippen LogP) is 1.17. The van der Waals surface area contributed by atoms with E-state index in [1.807, 2.05) is 0 Å². The molecule has 0 aromatic carbocycles. The molecule has 0 atom stereocenters.